The topological polar surface area (TPSA) is 198 Å². The Kier molecular flexibility index (Phi) is 7.64. The first-order valence-corrected chi connectivity index (χ1v) is 8.26. The van der Waals surface area contributed by atoms with E-state index in [1.54, 1.807) is 0 Å². The maximum Gasteiger partial charge on any atom is 0.245 e. The van der Waals surface area contributed by atoms with Gasteiger partial charge in [0, 0.05) is 0 Å². The fourth-order valence-corrected chi connectivity index (χ4v) is 2.91. The Hall–Kier alpha value is -1.19. The van der Waals surface area contributed by atoms with E-state index in [1.807, 2.05) is 0 Å². The van der Waals surface area contributed by atoms with Crippen LogP contribution < -0.4 is 5.32 Å². The van der Waals surface area contributed by atoms with Crippen molar-refractivity contribution in [3.8, 4) is 0 Å². The van der Waals surface area contributed by atoms with Crippen LogP contribution >= 0.6 is 0 Å². The third-order valence-electron chi connectivity index (χ3n) is 4.47. The van der Waals surface area contributed by atoms with E-state index in [4.69, 9.17) is 14.2 Å². The predicted octanol–water partition coefficient (Wildman–Crippen LogP) is -5.09. The minimum atomic E-state index is -1.75. The molecule has 2 aliphatic rings. The molecule has 2 heterocycles. The molecule has 1 amide bonds. The average molecular weight is 395 g/mol. The van der Waals surface area contributed by atoms with Gasteiger partial charge in [-0.05, 0) is 6.08 Å². The summed E-state index contributed by atoms with van der Waals surface area (Å²) in [6.45, 7) is 1.87. The summed E-state index contributed by atoms with van der Waals surface area (Å²) in [4.78, 5) is 11.4. The average Bonchev–Trinajstić information content (AvgIpc) is 2.67. The van der Waals surface area contributed by atoms with Gasteiger partial charge >= 0.3 is 0 Å². The molecule has 27 heavy (non-hydrogen) atoms. The number of carbonyl (C=O) groups excluding carboxylic acids is 1. The van der Waals surface area contributed by atoms with Gasteiger partial charge in [-0.3, -0.25) is 4.79 Å². The molecule has 0 bridgehead atoms. The van der Waals surface area contributed by atoms with Gasteiger partial charge in [0.2, 0.25) is 5.91 Å². The van der Waals surface area contributed by atoms with Crippen LogP contribution in [-0.2, 0) is 19.0 Å². The zero-order valence-corrected chi connectivity index (χ0v) is 14.2. The highest BCUT2D eigenvalue weighted by atomic mass is 16.7. The molecule has 0 aliphatic carbocycles. The maximum atomic E-state index is 11.4. The van der Waals surface area contributed by atoms with E-state index in [0.29, 0.717) is 0 Å². The van der Waals surface area contributed by atoms with Gasteiger partial charge in [0.1, 0.15) is 48.8 Å². The van der Waals surface area contributed by atoms with Crippen LogP contribution in [-0.4, -0.2) is 116 Å². The molecule has 2 rings (SSSR count). The van der Waals surface area contributed by atoms with E-state index in [0.717, 1.165) is 6.08 Å². The molecule has 2 aliphatic heterocycles. The van der Waals surface area contributed by atoms with Crippen molar-refractivity contribution < 1.29 is 54.8 Å². The van der Waals surface area contributed by atoms with Crippen molar-refractivity contribution >= 4 is 5.91 Å². The molecule has 2 fully saturated rings. The molecular weight excluding hydrogens is 370 g/mol. The zero-order chi connectivity index (χ0) is 20.3. The van der Waals surface area contributed by atoms with Crippen molar-refractivity contribution in [3.05, 3.63) is 12.7 Å². The molecule has 2 saturated heterocycles. The molecular formula is C15H25NO11. The van der Waals surface area contributed by atoms with Crippen molar-refractivity contribution in [2.45, 2.75) is 61.3 Å². The van der Waals surface area contributed by atoms with Gasteiger partial charge in [-0.15, -0.1) is 0 Å². The predicted molar refractivity (Wildman–Crippen MR) is 84.7 cm³/mol. The van der Waals surface area contributed by atoms with E-state index < -0.39 is 80.5 Å². The number of aliphatic hydroxyl groups is 7. The fourth-order valence-electron chi connectivity index (χ4n) is 2.91. The molecule has 10 atom stereocenters. The summed E-state index contributed by atoms with van der Waals surface area (Å²) in [7, 11) is 0. The molecule has 0 aromatic carbocycles. The number of hydrogen-bond acceptors (Lipinski definition) is 11. The molecule has 156 valence electrons. The first kappa shape index (κ1) is 22.1. The number of carbonyl (C=O) groups is 1. The normalized spacial score (nSPS) is 45.3. The molecule has 12 nitrogen and oxygen atoms in total. The Balaban J connectivity index is 2.12. The summed E-state index contributed by atoms with van der Waals surface area (Å²) in [6.07, 6.45) is -14.4. The van der Waals surface area contributed by atoms with E-state index in [2.05, 4.69) is 11.9 Å². The number of rotatable bonds is 6. The zero-order valence-electron chi connectivity index (χ0n) is 14.2. The van der Waals surface area contributed by atoms with E-state index in [-0.39, 0.29) is 0 Å². The molecule has 0 saturated carbocycles. The summed E-state index contributed by atoms with van der Waals surface area (Å²) in [5.41, 5.74) is 0. The lowest BCUT2D eigenvalue weighted by Crippen LogP contribution is -2.66. The van der Waals surface area contributed by atoms with Crippen LogP contribution in [0.1, 0.15) is 0 Å². The van der Waals surface area contributed by atoms with Crippen LogP contribution in [0, 0.1) is 0 Å². The highest BCUT2D eigenvalue weighted by Gasteiger charge is 2.50. The lowest BCUT2D eigenvalue weighted by molar-refractivity contribution is -0.343. The van der Waals surface area contributed by atoms with Gasteiger partial charge < -0.3 is 55.3 Å². The Morgan fingerprint density at radius 1 is 0.926 bits per heavy atom. The van der Waals surface area contributed by atoms with Crippen LogP contribution in [0.4, 0.5) is 0 Å². The van der Waals surface area contributed by atoms with E-state index in [9.17, 15) is 40.5 Å². The lowest BCUT2D eigenvalue weighted by Gasteiger charge is -2.46. The van der Waals surface area contributed by atoms with Gasteiger partial charge in [-0.1, -0.05) is 6.58 Å². The third kappa shape index (κ3) is 4.63. The molecule has 0 aromatic rings. The van der Waals surface area contributed by atoms with E-state index >= 15 is 0 Å². The Bertz CT molecular complexity index is 516. The minimum Gasteiger partial charge on any atom is -0.394 e. The lowest BCUT2D eigenvalue weighted by atomic mass is 9.96. The third-order valence-corrected chi connectivity index (χ3v) is 4.47. The van der Waals surface area contributed by atoms with Gasteiger partial charge in [0.15, 0.2) is 12.5 Å². The van der Waals surface area contributed by atoms with Crippen molar-refractivity contribution in [2.24, 2.45) is 0 Å². The van der Waals surface area contributed by atoms with Crippen LogP contribution in [0.5, 0.6) is 0 Å². The second-order valence-corrected chi connectivity index (χ2v) is 6.27. The largest absolute Gasteiger partial charge is 0.394 e. The van der Waals surface area contributed by atoms with Gasteiger partial charge in [-0.25, -0.2) is 0 Å². The molecule has 1 unspecified atom stereocenters. The monoisotopic (exact) mass is 395 g/mol. The van der Waals surface area contributed by atoms with Gasteiger partial charge in [0.25, 0.3) is 0 Å². The highest BCUT2D eigenvalue weighted by Crippen LogP contribution is 2.28. The minimum absolute atomic E-state index is 0.684. The molecule has 0 radical (unpaired) electrons. The molecule has 8 N–H and O–H groups in total. The van der Waals surface area contributed by atoms with Crippen LogP contribution in [0.25, 0.3) is 0 Å². The van der Waals surface area contributed by atoms with Crippen molar-refractivity contribution in [1.29, 1.82) is 0 Å². The van der Waals surface area contributed by atoms with E-state index in [1.165, 1.54) is 0 Å². The first-order valence-electron chi connectivity index (χ1n) is 8.26. The van der Waals surface area contributed by atoms with Crippen molar-refractivity contribution in [1.82, 2.24) is 5.32 Å². The second kappa shape index (κ2) is 9.34. The summed E-state index contributed by atoms with van der Waals surface area (Å²) in [5, 5.41) is 70.9. The summed E-state index contributed by atoms with van der Waals surface area (Å²) < 4.78 is 15.9. The van der Waals surface area contributed by atoms with Crippen LogP contribution in [0.15, 0.2) is 12.7 Å². The quantitative estimate of drug-likeness (QED) is 0.200. The Morgan fingerprint density at radius 3 is 2.11 bits per heavy atom. The Labute approximate surface area is 154 Å². The Morgan fingerprint density at radius 2 is 1.56 bits per heavy atom. The van der Waals surface area contributed by atoms with Crippen molar-refractivity contribution in [2.75, 3.05) is 13.2 Å². The van der Waals surface area contributed by atoms with Crippen LogP contribution in [0.2, 0.25) is 0 Å². The number of nitrogens with one attached hydrogen (secondary N) is 1. The molecule has 0 aromatic heterocycles. The molecule has 0 spiro atoms. The summed E-state index contributed by atoms with van der Waals surface area (Å²) >= 11 is 0. The summed E-state index contributed by atoms with van der Waals surface area (Å²) in [5.74, 6) is -0.684. The fraction of sp³-hybridized carbons (Fsp3) is 0.800. The van der Waals surface area contributed by atoms with Gasteiger partial charge in [-0.2, -0.15) is 0 Å². The van der Waals surface area contributed by atoms with Crippen LogP contribution in [0.3, 0.4) is 0 Å². The second-order valence-electron chi connectivity index (χ2n) is 6.27. The highest BCUT2D eigenvalue weighted by molar-refractivity contribution is 5.87. The number of amides is 1. The standard InChI is InChI=1S/C15H25NO11/c1-2-7(19)16-14-11(23)10(22)13(6(4-18)25-14)27-15-12(24)9(21)8(20)5(3-17)26-15/h2,5-6,8-15,17-18,20-24H,1,3-4H2,(H,16,19)/t5-,6-,8+,9+,10-,11-,12-,13-,14?,15+/m1/s1. The SMILES string of the molecule is C=CC(=O)NC1O[C@H](CO)[C@@H](O[C@@H]2O[C@H](CO)[C@H](O)[C@H](O)[C@H]2O)[C@H](O)[C@H]1O. The number of aliphatic hydroxyl groups excluding tert-OH is 7. The van der Waals surface area contributed by atoms with Gasteiger partial charge in [0.05, 0.1) is 13.2 Å². The number of ether oxygens (including phenoxy) is 3. The number of hydrogen-bond donors (Lipinski definition) is 8. The smallest absolute Gasteiger partial charge is 0.245 e. The maximum absolute atomic E-state index is 11.4. The first-order chi connectivity index (χ1) is 12.7. The molecule has 12 heteroatoms. The van der Waals surface area contributed by atoms with Crippen molar-refractivity contribution in [3.63, 3.8) is 0 Å². The summed E-state index contributed by atoms with van der Waals surface area (Å²) in [6, 6.07) is 0.